The fraction of sp³-hybridized carbons (Fsp3) is 0.824. The van der Waals surface area contributed by atoms with Crippen molar-refractivity contribution in [3.05, 3.63) is 0 Å². The van der Waals surface area contributed by atoms with Crippen molar-refractivity contribution >= 4 is 18.0 Å². The Labute approximate surface area is 143 Å². The summed E-state index contributed by atoms with van der Waals surface area (Å²) in [5.41, 5.74) is -1.40. The zero-order chi connectivity index (χ0) is 18.3. The molecule has 0 spiro atoms. The molecule has 2 N–H and O–H groups in total. The van der Waals surface area contributed by atoms with Gasteiger partial charge in [0.1, 0.15) is 5.54 Å². The van der Waals surface area contributed by atoms with E-state index in [0.29, 0.717) is 6.42 Å². The summed E-state index contributed by atoms with van der Waals surface area (Å²) in [4.78, 5) is 35.2. The minimum Gasteiger partial charge on any atom is -0.480 e. The van der Waals surface area contributed by atoms with Crippen molar-refractivity contribution < 1.29 is 29.0 Å². The first-order valence-electron chi connectivity index (χ1n) is 8.59. The van der Waals surface area contributed by atoms with Gasteiger partial charge in [-0.05, 0) is 19.3 Å². The number of rotatable bonds is 8. The Balaban J connectivity index is 2.68. The molecule has 0 aliphatic heterocycles. The summed E-state index contributed by atoms with van der Waals surface area (Å²) in [5, 5.41) is 12.0. The summed E-state index contributed by atoms with van der Waals surface area (Å²) in [6, 6.07) is 0. The van der Waals surface area contributed by atoms with Crippen molar-refractivity contribution in [2.75, 3.05) is 0 Å². The van der Waals surface area contributed by atoms with Gasteiger partial charge in [-0.3, -0.25) is 4.79 Å². The third kappa shape index (κ3) is 6.02. The molecule has 0 radical (unpaired) electrons. The third-order valence-electron chi connectivity index (χ3n) is 4.33. The van der Waals surface area contributed by atoms with Gasteiger partial charge >= 0.3 is 18.0 Å². The lowest BCUT2D eigenvalue weighted by atomic mass is 9.88. The summed E-state index contributed by atoms with van der Waals surface area (Å²) in [6.07, 6.45) is 2.73. The van der Waals surface area contributed by atoms with Gasteiger partial charge in [-0.15, -0.1) is 0 Å². The molecule has 1 rings (SSSR count). The molecule has 7 nitrogen and oxygen atoms in total. The van der Waals surface area contributed by atoms with Crippen LogP contribution in [0, 0.1) is 11.8 Å². The van der Waals surface area contributed by atoms with E-state index in [4.69, 9.17) is 9.47 Å². The first-order chi connectivity index (χ1) is 11.2. The Kier molecular flexibility index (Phi) is 7.51. The number of carbonyl (C=O) groups excluding carboxylic acids is 2. The first-order valence-corrected chi connectivity index (χ1v) is 8.59. The first kappa shape index (κ1) is 20.3. The monoisotopic (exact) mass is 343 g/mol. The second-order valence-electron chi connectivity index (χ2n) is 6.98. The quantitative estimate of drug-likeness (QED) is 0.519. The van der Waals surface area contributed by atoms with E-state index in [2.05, 4.69) is 5.32 Å². The maximum Gasteiger partial charge on any atom is 0.411 e. The zero-order valence-corrected chi connectivity index (χ0v) is 15.0. The van der Waals surface area contributed by atoms with Crippen LogP contribution >= 0.6 is 0 Å². The van der Waals surface area contributed by atoms with Crippen molar-refractivity contribution in [3.63, 3.8) is 0 Å². The topological polar surface area (TPSA) is 102 Å². The number of hydrogen-bond acceptors (Lipinski definition) is 5. The van der Waals surface area contributed by atoms with E-state index in [0.717, 1.165) is 25.7 Å². The van der Waals surface area contributed by atoms with E-state index < -0.39 is 29.9 Å². The van der Waals surface area contributed by atoms with Crippen LogP contribution in [0.25, 0.3) is 0 Å². The van der Waals surface area contributed by atoms with Crippen LogP contribution in [0.2, 0.25) is 0 Å². The maximum atomic E-state index is 12.1. The van der Waals surface area contributed by atoms with Gasteiger partial charge in [0.25, 0.3) is 6.29 Å². The fourth-order valence-corrected chi connectivity index (χ4v) is 2.85. The average Bonchev–Trinajstić information content (AvgIpc) is 2.98. The van der Waals surface area contributed by atoms with Crippen molar-refractivity contribution in [2.24, 2.45) is 11.8 Å². The maximum absolute atomic E-state index is 12.1. The van der Waals surface area contributed by atoms with Crippen LogP contribution < -0.4 is 5.32 Å². The third-order valence-corrected chi connectivity index (χ3v) is 4.33. The molecule has 2 atom stereocenters. The number of alkyl carbamates (subject to hydrolysis) is 1. The van der Waals surface area contributed by atoms with Crippen molar-refractivity contribution in [3.8, 4) is 0 Å². The molecule has 1 fully saturated rings. The molecule has 7 heteroatoms. The van der Waals surface area contributed by atoms with Gasteiger partial charge in [-0.2, -0.15) is 0 Å². The number of aliphatic carboxylic acids is 1. The van der Waals surface area contributed by atoms with E-state index in [-0.39, 0.29) is 18.3 Å². The zero-order valence-electron chi connectivity index (χ0n) is 15.0. The number of nitrogens with one attached hydrogen (secondary N) is 1. The van der Waals surface area contributed by atoms with Gasteiger partial charge in [0.15, 0.2) is 0 Å². The average molecular weight is 343 g/mol. The molecular weight excluding hydrogens is 314 g/mol. The van der Waals surface area contributed by atoms with Crippen molar-refractivity contribution in [1.82, 2.24) is 5.32 Å². The molecule has 24 heavy (non-hydrogen) atoms. The van der Waals surface area contributed by atoms with Crippen LogP contribution in [0.4, 0.5) is 4.79 Å². The number of amides is 1. The second kappa shape index (κ2) is 8.89. The van der Waals surface area contributed by atoms with Gasteiger partial charge in [-0.1, -0.05) is 46.5 Å². The molecule has 0 aromatic heterocycles. The molecule has 138 valence electrons. The Hall–Kier alpha value is -1.79. The lowest BCUT2D eigenvalue weighted by molar-refractivity contribution is -0.175. The summed E-state index contributed by atoms with van der Waals surface area (Å²) in [7, 11) is 0. The number of carbonyl (C=O) groups is 3. The summed E-state index contributed by atoms with van der Waals surface area (Å²) < 4.78 is 10.2. The molecule has 1 saturated carbocycles. The molecule has 1 amide bonds. The summed E-state index contributed by atoms with van der Waals surface area (Å²) >= 11 is 0. The van der Waals surface area contributed by atoms with E-state index in [1.165, 1.54) is 6.92 Å². The van der Waals surface area contributed by atoms with E-state index >= 15 is 0 Å². The molecular formula is C17H29NO6. The van der Waals surface area contributed by atoms with Gasteiger partial charge in [-0.25, -0.2) is 9.59 Å². The highest BCUT2D eigenvalue weighted by molar-refractivity contribution is 5.84. The fourth-order valence-electron chi connectivity index (χ4n) is 2.85. The molecule has 0 bridgehead atoms. The van der Waals surface area contributed by atoms with Crippen LogP contribution in [0.15, 0.2) is 0 Å². The van der Waals surface area contributed by atoms with Crippen LogP contribution in [-0.4, -0.2) is 35.0 Å². The van der Waals surface area contributed by atoms with Gasteiger partial charge in [0.05, 0.1) is 0 Å². The Bertz CT molecular complexity index is 458. The van der Waals surface area contributed by atoms with E-state index in [1.54, 1.807) is 20.8 Å². The van der Waals surface area contributed by atoms with Crippen molar-refractivity contribution in [2.45, 2.75) is 78.0 Å². The van der Waals surface area contributed by atoms with Crippen LogP contribution in [0.3, 0.4) is 0 Å². The molecule has 1 aliphatic rings. The highest BCUT2D eigenvalue weighted by Gasteiger charge is 2.39. The molecule has 0 unspecified atom stereocenters. The second-order valence-corrected chi connectivity index (χ2v) is 6.98. The minimum absolute atomic E-state index is 0.169. The number of carboxylic acids is 1. The van der Waals surface area contributed by atoms with Crippen molar-refractivity contribution in [1.29, 1.82) is 0 Å². The number of carboxylic acid groups (broad SMARTS) is 1. The number of esters is 1. The predicted octanol–water partition coefficient (Wildman–Crippen LogP) is 3.07. The molecule has 0 aromatic carbocycles. The Morgan fingerprint density at radius 3 is 2.25 bits per heavy atom. The lowest BCUT2D eigenvalue weighted by Crippen LogP contribution is -2.54. The van der Waals surface area contributed by atoms with Crippen LogP contribution in [-0.2, 0) is 19.1 Å². The SMILES string of the molecule is CCC(=O)O[C@@H](OC(=O)N[C@@](C)(CC1CCCC1)C(=O)O)C(C)C. The predicted molar refractivity (Wildman–Crippen MR) is 87.2 cm³/mol. The van der Waals surface area contributed by atoms with Gasteiger partial charge < -0.3 is 19.9 Å². The van der Waals surface area contributed by atoms with Crippen LogP contribution in [0.5, 0.6) is 0 Å². The standard InChI is InChI=1S/C17H29NO6/c1-5-13(19)23-14(11(2)3)24-16(22)18-17(4,15(20)21)10-12-8-6-7-9-12/h11-12,14H,5-10H2,1-4H3,(H,18,22)(H,20,21)/t14-,17-/m0/s1. The molecule has 1 aliphatic carbocycles. The van der Waals surface area contributed by atoms with E-state index in [9.17, 15) is 19.5 Å². The summed E-state index contributed by atoms with van der Waals surface area (Å²) in [5.74, 6) is -1.53. The lowest BCUT2D eigenvalue weighted by Gasteiger charge is -2.30. The summed E-state index contributed by atoms with van der Waals surface area (Å²) in [6.45, 7) is 6.62. The molecule has 0 saturated heterocycles. The minimum atomic E-state index is -1.40. The highest BCUT2D eigenvalue weighted by Crippen LogP contribution is 2.32. The highest BCUT2D eigenvalue weighted by atomic mass is 16.7. The molecule has 0 heterocycles. The van der Waals surface area contributed by atoms with E-state index in [1.807, 2.05) is 0 Å². The Morgan fingerprint density at radius 1 is 1.21 bits per heavy atom. The van der Waals surface area contributed by atoms with Crippen LogP contribution in [0.1, 0.15) is 66.2 Å². The van der Waals surface area contributed by atoms with Gasteiger partial charge in [0, 0.05) is 12.3 Å². The smallest absolute Gasteiger partial charge is 0.411 e. The largest absolute Gasteiger partial charge is 0.480 e. The molecule has 0 aromatic rings. The van der Waals surface area contributed by atoms with Gasteiger partial charge in [0.2, 0.25) is 0 Å². The number of ether oxygens (including phenoxy) is 2. The normalized spacial score (nSPS) is 18.7. The number of hydrogen-bond donors (Lipinski definition) is 2. The Morgan fingerprint density at radius 2 is 1.79 bits per heavy atom.